The Hall–Kier alpha value is -3.22. The van der Waals surface area contributed by atoms with Crippen molar-refractivity contribution in [3.63, 3.8) is 0 Å². The number of carbonyl (C=O) groups excluding carboxylic acids is 2. The van der Waals surface area contributed by atoms with Crippen LogP contribution in [0.15, 0.2) is 54.6 Å². The summed E-state index contributed by atoms with van der Waals surface area (Å²) >= 11 is 0. The molecule has 0 saturated carbocycles. The number of hydrogen-bond donors (Lipinski definition) is 0. The summed E-state index contributed by atoms with van der Waals surface area (Å²) in [6, 6.07) is 15.3. The fourth-order valence-electron chi connectivity index (χ4n) is 3.40. The zero-order valence-corrected chi connectivity index (χ0v) is 15.6. The van der Waals surface area contributed by atoms with Gasteiger partial charge in [0.15, 0.2) is 6.10 Å². The molecule has 0 amide bonds. The van der Waals surface area contributed by atoms with E-state index >= 15 is 0 Å². The van der Waals surface area contributed by atoms with Crippen LogP contribution in [0.4, 0.5) is 11.4 Å². The van der Waals surface area contributed by atoms with Crippen LogP contribution in [0.5, 0.6) is 0 Å². The summed E-state index contributed by atoms with van der Waals surface area (Å²) in [5.41, 5.74) is 1.13. The number of ketones is 1. The quantitative estimate of drug-likeness (QED) is 0.328. The Labute approximate surface area is 163 Å². The minimum absolute atomic E-state index is 0.0607. The van der Waals surface area contributed by atoms with Crippen LogP contribution in [0.2, 0.25) is 0 Å². The average molecular weight is 382 g/mol. The number of esters is 1. The minimum atomic E-state index is -0.844. The molecule has 7 heteroatoms. The van der Waals surface area contributed by atoms with E-state index in [9.17, 15) is 19.7 Å². The minimum Gasteiger partial charge on any atom is -0.454 e. The molecule has 3 rings (SSSR count). The van der Waals surface area contributed by atoms with Gasteiger partial charge in [0, 0.05) is 24.7 Å². The molecule has 0 aliphatic carbocycles. The number of nitro benzene ring substituents is 1. The molecule has 1 heterocycles. The van der Waals surface area contributed by atoms with Crippen LogP contribution in [0.1, 0.15) is 30.1 Å². The van der Waals surface area contributed by atoms with E-state index in [1.165, 1.54) is 6.07 Å². The van der Waals surface area contributed by atoms with Gasteiger partial charge in [-0.25, -0.2) is 0 Å². The van der Waals surface area contributed by atoms with Crippen molar-refractivity contribution in [1.29, 1.82) is 0 Å². The zero-order chi connectivity index (χ0) is 20.1. The van der Waals surface area contributed by atoms with E-state index in [1.54, 1.807) is 49.4 Å². The molecule has 0 radical (unpaired) electrons. The van der Waals surface area contributed by atoms with Gasteiger partial charge >= 0.3 is 5.97 Å². The number of Topliss-reactive ketones (excluding diaryl/α,β-unsaturated/α-hetero) is 1. The lowest BCUT2D eigenvalue weighted by atomic mass is 9.96. The van der Waals surface area contributed by atoms with Gasteiger partial charge in [-0.15, -0.1) is 0 Å². The Morgan fingerprint density at radius 1 is 1.07 bits per heavy atom. The maximum absolute atomic E-state index is 12.5. The van der Waals surface area contributed by atoms with E-state index in [-0.39, 0.29) is 23.4 Å². The van der Waals surface area contributed by atoms with E-state index in [0.717, 1.165) is 0 Å². The van der Waals surface area contributed by atoms with Crippen LogP contribution in [0.3, 0.4) is 0 Å². The van der Waals surface area contributed by atoms with Gasteiger partial charge in [-0.2, -0.15) is 0 Å². The number of para-hydroxylation sites is 2. The molecule has 146 valence electrons. The molecule has 2 aromatic rings. The van der Waals surface area contributed by atoms with Crippen LogP contribution in [-0.2, 0) is 9.53 Å². The number of rotatable bonds is 6. The highest BCUT2D eigenvalue weighted by molar-refractivity contribution is 6.00. The molecule has 0 spiro atoms. The summed E-state index contributed by atoms with van der Waals surface area (Å²) in [6.07, 6.45) is 0.206. The standard InChI is InChI=1S/C21H22N2O5/c1-15(20(24)16-7-3-2-4-8-16)28-21(25)17-11-13-22(14-12-17)18-9-5-6-10-19(18)23(26)27/h2-10,15,17H,11-14H2,1H3/t15-/m1/s1. The predicted molar refractivity (Wildman–Crippen MR) is 104 cm³/mol. The van der Waals surface area contributed by atoms with Crippen molar-refractivity contribution < 1.29 is 19.2 Å². The Morgan fingerprint density at radius 2 is 1.68 bits per heavy atom. The number of ether oxygens (including phenoxy) is 1. The molecule has 0 unspecified atom stereocenters. The number of anilines is 1. The first-order valence-electron chi connectivity index (χ1n) is 9.25. The number of carbonyl (C=O) groups is 2. The molecule has 0 bridgehead atoms. The van der Waals surface area contributed by atoms with Gasteiger partial charge in [-0.3, -0.25) is 19.7 Å². The maximum Gasteiger partial charge on any atom is 0.309 e. The lowest BCUT2D eigenvalue weighted by Gasteiger charge is -2.32. The maximum atomic E-state index is 12.5. The van der Waals surface area contributed by atoms with E-state index in [2.05, 4.69) is 0 Å². The second-order valence-electron chi connectivity index (χ2n) is 6.82. The van der Waals surface area contributed by atoms with Crippen molar-refractivity contribution in [3.05, 3.63) is 70.3 Å². The van der Waals surface area contributed by atoms with Gasteiger partial charge in [0.1, 0.15) is 5.69 Å². The Bertz CT molecular complexity index is 860. The summed E-state index contributed by atoms with van der Waals surface area (Å²) in [4.78, 5) is 37.5. The van der Waals surface area contributed by atoms with Crippen molar-refractivity contribution in [1.82, 2.24) is 0 Å². The van der Waals surface area contributed by atoms with E-state index in [0.29, 0.717) is 37.2 Å². The van der Waals surface area contributed by atoms with E-state index in [4.69, 9.17) is 4.74 Å². The van der Waals surface area contributed by atoms with Crippen molar-refractivity contribution in [3.8, 4) is 0 Å². The second-order valence-corrected chi connectivity index (χ2v) is 6.82. The number of piperidine rings is 1. The molecular weight excluding hydrogens is 360 g/mol. The molecule has 1 atom stereocenters. The highest BCUT2D eigenvalue weighted by Gasteiger charge is 2.31. The first kappa shape index (κ1) is 19.5. The van der Waals surface area contributed by atoms with Crippen LogP contribution in [0, 0.1) is 16.0 Å². The van der Waals surface area contributed by atoms with Gasteiger partial charge in [0.2, 0.25) is 5.78 Å². The number of hydrogen-bond acceptors (Lipinski definition) is 6. The largest absolute Gasteiger partial charge is 0.454 e. The molecule has 1 fully saturated rings. The van der Waals surface area contributed by atoms with E-state index < -0.39 is 11.0 Å². The molecule has 28 heavy (non-hydrogen) atoms. The fourth-order valence-corrected chi connectivity index (χ4v) is 3.40. The van der Waals surface area contributed by atoms with Crippen molar-refractivity contribution in [2.24, 2.45) is 5.92 Å². The third kappa shape index (κ3) is 4.36. The molecule has 1 aliphatic heterocycles. The summed E-state index contributed by atoms with van der Waals surface area (Å²) in [7, 11) is 0. The third-order valence-electron chi connectivity index (χ3n) is 4.97. The molecule has 0 N–H and O–H groups in total. The van der Waals surface area contributed by atoms with Crippen LogP contribution in [-0.4, -0.2) is 35.9 Å². The fraction of sp³-hybridized carbons (Fsp3) is 0.333. The third-order valence-corrected chi connectivity index (χ3v) is 4.97. The van der Waals surface area contributed by atoms with E-state index in [1.807, 2.05) is 11.0 Å². The predicted octanol–water partition coefficient (Wildman–Crippen LogP) is 3.63. The summed E-state index contributed by atoms with van der Waals surface area (Å²) in [5.74, 6) is -0.935. The molecule has 1 aliphatic rings. The molecule has 0 aromatic heterocycles. The van der Waals surface area contributed by atoms with Gasteiger partial charge in [0.25, 0.3) is 5.69 Å². The SMILES string of the molecule is C[C@@H](OC(=O)C1CCN(c2ccccc2[N+](=O)[O-])CC1)C(=O)c1ccccc1. The first-order valence-corrected chi connectivity index (χ1v) is 9.25. The lowest BCUT2D eigenvalue weighted by Crippen LogP contribution is -2.38. The van der Waals surface area contributed by atoms with Gasteiger partial charge in [-0.05, 0) is 25.8 Å². The summed E-state index contributed by atoms with van der Waals surface area (Å²) in [5, 5.41) is 11.2. The van der Waals surface area contributed by atoms with Gasteiger partial charge in [0.05, 0.1) is 10.8 Å². The van der Waals surface area contributed by atoms with Gasteiger partial charge < -0.3 is 9.64 Å². The van der Waals surface area contributed by atoms with Crippen LogP contribution in [0.25, 0.3) is 0 Å². The molecule has 1 saturated heterocycles. The van der Waals surface area contributed by atoms with Gasteiger partial charge in [-0.1, -0.05) is 42.5 Å². The Balaban J connectivity index is 1.57. The van der Waals surface area contributed by atoms with Crippen LogP contribution < -0.4 is 4.90 Å². The average Bonchev–Trinajstić information content (AvgIpc) is 2.73. The van der Waals surface area contributed by atoms with Crippen molar-refractivity contribution in [2.45, 2.75) is 25.9 Å². The molecule has 2 aromatic carbocycles. The summed E-state index contributed by atoms with van der Waals surface area (Å²) in [6.45, 7) is 2.62. The second kappa shape index (κ2) is 8.65. The summed E-state index contributed by atoms with van der Waals surface area (Å²) < 4.78 is 5.39. The Morgan fingerprint density at radius 3 is 2.32 bits per heavy atom. The molecule has 7 nitrogen and oxygen atoms in total. The highest BCUT2D eigenvalue weighted by atomic mass is 16.6. The Kier molecular flexibility index (Phi) is 6.03. The first-order chi connectivity index (χ1) is 13.5. The number of nitro groups is 1. The monoisotopic (exact) mass is 382 g/mol. The normalized spacial score (nSPS) is 15.7. The van der Waals surface area contributed by atoms with Crippen LogP contribution >= 0.6 is 0 Å². The van der Waals surface area contributed by atoms with Crippen molar-refractivity contribution in [2.75, 3.05) is 18.0 Å². The topological polar surface area (TPSA) is 89.8 Å². The highest BCUT2D eigenvalue weighted by Crippen LogP contribution is 2.31. The molecular formula is C21H22N2O5. The smallest absolute Gasteiger partial charge is 0.309 e. The number of nitrogens with zero attached hydrogens (tertiary/aromatic N) is 2. The lowest BCUT2D eigenvalue weighted by molar-refractivity contribution is -0.384. The zero-order valence-electron chi connectivity index (χ0n) is 15.6. The number of benzene rings is 2. The van der Waals surface area contributed by atoms with Crippen molar-refractivity contribution >= 4 is 23.1 Å².